The van der Waals surface area contributed by atoms with Gasteiger partial charge in [-0.2, -0.15) is 5.10 Å². The Labute approximate surface area is 171 Å². The van der Waals surface area contributed by atoms with E-state index in [1.165, 1.54) is 5.56 Å². The maximum atomic E-state index is 12.6. The lowest BCUT2D eigenvalue weighted by Crippen LogP contribution is -2.50. The number of aromatic nitrogens is 2. The summed E-state index contributed by atoms with van der Waals surface area (Å²) in [6, 6.07) is 20.7. The summed E-state index contributed by atoms with van der Waals surface area (Å²) in [6.45, 7) is 2.98. The Hall–Kier alpha value is -2.92. The molecule has 0 aliphatic carbocycles. The molecule has 148 valence electrons. The first kappa shape index (κ1) is 18.1. The summed E-state index contributed by atoms with van der Waals surface area (Å²) in [6.07, 6.45) is 6.71. The van der Waals surface area contributed by atoms with Crippen LogP contribution in [0.1, 0.15) is 36.3 Å². The number of hydrogen-bond donors (Lipinski definition) is 1. The van der Waals surface area contributed by atoms with Crippen LogP contribution in [0.5, 0.6) is 0 Å². The van der Waals surface area contributed by atoms with E-state index < -0.39 is 0 Å². The Morgan fingerprint density at radius 3 is 2.45 bits per heavy atom. The maximum Gasteiger partial charge on any atom is 0.228 e. The molecular weight excluding hydrogens is 360 g/mol. The Morgan fingerprint density at radius 2 is 1.76 bits per heavy atom. The molecule has 29 heavy (non-hydrogen) atoms. The van der Waals surface area contributed by atoms with Crippen molar-refractivity contribution < 1.29 is 4.79 Å². The van der Waals surface area contributed by atoms with Crippen LogP contribution in [-0.2, 0) is 11.3 Å². The molecule has 0 radical (unpaired) electrons. The van der Waals surface area contributed by atoms with Gasteiger partial charge in [0.15, 0.2) is 0 Å². The lowest BCUT2D eigenvalue weighted by Gasteiger charge is -2.39. The smallest absolute Gasteiger partial charge is 0.228 e. The fourth-order valence-electron chi connectivity index (χ4n) is 4.74. The van der Waals surface area contributed by atoms with Crippen molar-refractivity contribution in [3.05, 3.63) is 84.2 Å². The third-order valence-corrected chi connectivity index (χ3v) is 6.43. The molecule has 2 aliphatic heterocycles. The molecule has 2 aromatic carbocycles. The molecule has 2 saturated heterocycles. The van der Waals surface area contributed by atoms with Crippen LogP contribution in [0.3, 0.4) is 0 Å². The van der Waals surface area contributed by atoms with Crippen LogP contribution in [0.25, 0.3) is 5.69 Å². The van der Waals surface area contributed by atoms with Gasteiger partial charge in [0.2, 0.25) is 5.91 Å². The van der Waals surface area contributed by atoms with Crippen molar-refractivity contribution >= 4 is 5.91 Å². The van der Waals surface area contributed by atoms with Gasteiger partial charge in [-0.3, -0.25) is 9.69 Å². The van der Waals surface area contributed by atoms with Crippen LogP contribution in [0, 0.1) is 0 Å². The van der Waals surface area contributed by atoms with Crippen LogP contribution in [0.15, 0.2) is 73.1 Å². The topological polar surface area (TPSA) is 50.2 Å². The second-order valence-electron chi connectivity index (χ2n) is 8.33. The average Bonchev–Trinajstić information content (AvgIpc) is 3.40. The Kier molecular flexibility index (Phi) is 4.68. The molecule has 1 N–H and O–H groups in total. The van der Waals surface area contributed by atoms with Crippen molar-refractivity contribution in [3.63, 3.8) is 0 Å². The first-order chi connectivity index (χ1) is 14.2. The highest BCUT2D eigenvalue weighted by molar-refractivity contribution is 5.87. The summed E-state index contributed by atoms with van der Waals surface area (Å²) in [5, 5.41) is 7.63. The van der Waals surface area contributed by atoms with E-state index in [0.29, 0.717) is 0 Å². The quantitative estimate of drug-likeness (QED) is 0.747. The molecule has 0 saturated carbocycles. The van der Waals surface area contributed by atoms with Gasteiger partial charge in [-0.15, -0.1) is 0 Å². The number of rotatable bonds is 4. The van der Waals surface area contributed by atoms with E-state index in [1.54, 1.807) is 6.20 Å². The highest BCUT2D eigenvalue weighted by Gasteiger charge is 2.45. The van der Waals surface area contributed by atoms with Crippen molar-refractivity contribution in [2.75, 3.05) is 13.1 Å². The second-order valence-corrected chi connectivity index (χ2v) is 8.33. The SMILES string of the molecule is O=C1NC2(CCN(Cc3ccc(-n4cccn4)cc3)CC2)C[C@@H]1c1ccccc1. The number of carbonyl (C=O) groups excluding carboxylic acids is 1. The molecule has 1 amide bonds. The van der Waals surface area contributed by atoms with E-state index >= 15 is 0 Å². The number of carbonyl (C=O) groups is 1. The zero-order chi connectivity index (χ0) is 19.7. The summed E-state index contributed by atoms with van der Waals surface area (Å²) in [5.74, 6) is 0.191. The van der Waals surface area contributed by atoms with Gasteiger partial charge in [0.05, 0.1) is 11.6 Å². The largest absolute Gasteiger partial charge is 0.350 e. The van der Waals surface area contributed by atoms with E-state index in [-0.39, 0.29) is 17.4 Å². The average molecular weight is 386 g/mol. The molecule has 3 heterocycles. The van der Waals surface area contributed by atoms with Gasteiger partial charge in [0, 0.05) is 37.6 Å². The zero-order valence-corrected chi connectivity index (χ0v) is 16.5. The Bertz CT molecular complexity index is 958. The zero-order valence-electron chi connectivity index (χ0n) is 16.5. The van der Waals surface area contributed by atoms with Crippen molar-refractivity contribution in [3.8, 4) is 5.69 Å². The number of amides is 1. The van der Waals surface area contributed by atoms with E-state index in [1.807, 2.05) is 35.1 Å². The predicted octanol–water partition coefficient (Wildman–Crippen LogP) is 3.51. The molecular formula is C24H26N4O. The number of hydrogen-bond acceptors (Lipinski definition) is 3. The lowest BCUT2D eigenvalue weighted by molar-refractivity contribution is -0.121. The van der Waals surface area contributed by atoms with Gasteiger partial charge in [0.25, 0.3) is 0 Å². The van der Waals surface area contributed by atoms with E-state index in [9.17, 15) is 4.79 Å². The van der Waals surface area contributed by atoms with Crippen molar-refractivity contribution in [2.24, 2.45) is 0 Å². The van der Waals surface area contributed by atoms with Gasteiger partial charge < -0.3 is 5.32 Å². The van der Waals surface area contributed by atoms with Gasteiger partial charge >= 0.3 is 0 Å². The van der Waals surface area contributed by atoms with E-state index in [4.69, 9.17) is 0 Å². The summed E-state index contributed by atoms with van der Waals surface area (Å²) in [7, 11) is 0. The molecule has 3 aromatic rings. The van der Waals surface area contributed by atoms with Crippen molar-refractivity contribution in [1.29, 1.82) is 0 Å². The summed E-state index contributed by atoms with van der Waals surface area (Å²) >= 11 is 0. The van der Waals surface area contributed by atoms with Crippen molar-refractivity contribution in [1.82, 2.24) is 20.0 Å². The molecule has 2 aliphatic rings. The van der Waals surface area contributed by atoms with Crippen LogP contribution in [-0.4, -0.2) is 39.2 Å². The molecule has 5 heteroatoms. The molecule has 0 unspecified atom stereocenters. The normalized spacial score (nSPS) is 21.4. The predicted molar refractivity (Wildman–Crippen MR) is 113 cm³/mol. The molecule has 0 bridgehead atoms. The Morgan fingerprint density at radius 1 is 1.00 bits per heavy atom. The molecule has 5 nitrogen and oxygen atoms in total. The Balaban J connectivity index is 1.19. The third-order valence-electron chi connectivity index (χ3n) is 6.43. The summed E-state index contributed by atoms with van der Waals surface area (Å²) in [5.41, 5.74) is 3.51. The minimum Gasteiger partial charge on any atom is -0.350 e. The molecule has 1 spiro atoms. The highest BCUT2D eigenvalue weighted by Crippen LogP contribution is 2.39. The number of piperidine rings is 1. The fraction of sp³-hybridized carbons (Fsp3) is 0.333. The van der Waals surface area contributed by atoms with Crippen LogP contribution < -0.4 is 5.32 Å². The van der Waals surface area contributed by atoms with E-state index in [2.05, 4.69) is 51.7 Å². The number of likely N-dealkylation sites (tertiary alicyclic amines) is 1. The van der Waals surface area contributed by atoms with Gasteiger partial charge in [0.1, 0.15) is 0 Å². The highest BCUT2D eigenvalue weighted by atomic mass is 16.2. The molecule has 1 aromatic heterocycles. The first-order valence-corrected chi connectivity index (χ1v) is 10.4. The lowest BCUT2D eigenvalue weighted by atomic mass is 9.82. The van der Waals surface area contributed by atoms with Gasteiger partial charge in [-0.05, 0) is 48.6 Å². The van der Waals surface area contributed by atoms with Crippen LogP contribution in [0.2, 0.25) is 0 Å². The maximum absolute atomic E-state index is 12.6. The minimum absolute atomic E-state index is 0.00223. The summed E-state index contributed by atoms with van der Waals surface area (Å²) in [4.78, 5) is 15.1. The number of benzene rings is 2. The van der Waals surface area contributed by atoms with Crippen LogP contribution in [0.4, 0.5) is 0 Å². The van der Waals surface area contributed by atoms with Crippen molar-refractivity contribution in [2.45, 2.75) is 37.3 Å². The monoisotopic (exact) mass is 386 g/mol. The molecule has 5 rings (SSSR count). The molecule has 1 atom stereocenters. The second kappa shape index (κ2) is 7.48. The molecule has 2 fully saturated rings. The number of nitrogens with one attached hydrogen (secondary N) is 1. The fourth-order valence-corrected chi connectivity index (χ4v) is 4.74. The third kappa shape index (κ3) is 3.70. The minimum atomic E-state index is -0.0297. The van der Waals surface area contributed by atoms with Gasteiger partial charge in [-0.25, -0.2) is 4.68 Å². The first-order valence-electron chi connectivity index (χ1n) is 10.4. The standard InChI is InChI=1S/C24H26N4O/c29-23-22(20-5-2-1-3-6-20)17-24(26-23)11-15-27(16-12-24)18-19-7-9-21(10-8-19)28-14-4-13-25-28/h1-10,13-14,22H,11-12,15-18H2,(H,26,29)/t22-/m1/s1. The van der Waals surface area contributed by atoms with Gasteiger partial charge in [-0.1, -0.05) is 42.5 Å². The number of nitrogens with zero attached hydrogens (tertiary/aromatic N) is 3. The van der Waals surface area contributed by atoms with Crippen LogP contribution >= 0.6 is 0 Å². The van der Waals surface area contributed by atoms with E-state index in [0.717, 1.165) is 50.1 Å². The summed E-state index contributed by atoms with van der Waals surface area (Å²) < 4.78 is 1.88.